The molecule has 0 unspecified atom stereocenters. The van der Waals surface area contributed by atoms with Gasteiger partial charge < -0.3 is 15.8 Å². The number of nitrogens with two attached hydrogens (primary N) is 1. The number of hydrogen-bond donors (Lipinski definition) is 3. The van der Waals surface area contributed by atoms with Crippen molar-refractivity contribution in [2.24, 2.45) is 5.73 Å². The molecule has 0 spiro atoms. The lowest BCUT2D eigenvalue weighted by Gasteiger charge is -2.22. The molecule has 82 valence electrons. The molecular formula is C10H15N3O2. The zero-order valence-electron chi connectivity index (χ0n) is 8.44. The summed E-state index contributed by atoms with van der Waals surface area (Å²) in [6.07, 6.45) is 5.62. The second-order valence-corrected chi connectivity index (χ2v) is 4.07. The van der Waals surface area contributed by atoms with Crippen molar-refractivity contribution < 1.29 is 9.90 Å². The van der Waals surface area contributed by atoms with E-state index in [0.29, 0.717) is 12.3 Å². The van der Waals surface area contributed by atoms with Crippen LogP contribution in [0.4, 0.5) is 0 Å². The van der Waals surface area contributed by atoms with Gasteiger partial charge >= 0.3 is 5.97 Å². The molecule has 5 heteroatoms. The molecule has 1 aromatic heterocycles. The van der Waals surface area contributed by atoms with E-state index in [-0.39, 0.29) is 0 Å². The average molecular weight is 209 g/mol. The molecule has 0 saturated heterocycles. The first-order chi connectivity index (χ1) is 7.16. The highest BCUT2D eigenvalue weighted by molar-refractivity contribution is 5.73. The molecular weight excluding hydrogens is 194 g/mol. The van der Waals surface area contributed by atoms with Crippen molar-refractivity contribution in [3.8, 4) is 0 Å². The zero-order valence-corrected chi connectivity index (χ0v) is 8.44. The molecule has 1 atom stereocenters. The van der Waals surface area contributed by atoms with Crippen LogP contribution in [0.2, 0.25) is 0 Å². The summed E-state index contributed by atoms with van der Waals surface area (Å²) in [5, 5.41) is 8.66. The van der Waals surface area contributed by atoms with Gasteiger partial charge in [-0.25, -0.2) is 4.98 Å². The number of aromatic amines is 1. The molecule has 0 aliphatic heterocycles. The topological polar surface area (TPSA) is 92.0 Å². The third kappa shape index (κ3) is 2.18. The number of rotatable bonds is 4. The van der Waals surface area contributed by atoms with Crippen LogP contribution in [-0.2, 0) is 11.2 Å². The lowest BCUT2D eigenvalue weighted by atomic mass is 9.85. The highest BCUT2D eigenvalue weighted by Crippen LogP contribution is 2.34. The Balaban J connectivity index is 1.97. The molecule has 1 saturated carbocycles. The van der Waals surface area contributed by atoms with Gasteiger partial charge in [-0.3, -0.25) is 4.79 Å². The Morgan fingerprint density at radius 3 is 3.00 bits per heavy atom. The molecule has 5 nitrogen and oxygen atoms in total. The van der Waals surface area contributed by atoms with Crippen molar-refractivity contribution in [1.82, 2.24) is 9.97 Å². The molecule has 1 aromatic rings. The van der Waals surface area contributed by atoms with Crippen molar-refractivity contribution in [1.29, 1.82) is 0 Å². The molecule has 1 aliphatic rings. The highest BCUT2D eigenvalue weighted by atomic mass is 16.4. The number of carboxylic acid groups (broad SMARTS) is 1. The Kier molecular flexibility index (Phi) is 2.73. The van der Waals surface area contributed by atoms with Gasteiger partial charge in [0.15, 0.2) is 0 Å². The summed E-state index contributed by atoms with van der Waals surface area (Å²) in [6.45, 7) is 0. The van der Waals surface area contributed by atoms with Crippen LogP contribution in [-0.4, -0.2) is 27.1 Å². The Bertz CT molecular complexity index is 357. The van der Waals surface area contributed by atoms with Crippen LogP contribution in [0, 0.1) is 0 Å². The largest absolute Gasteiger partial charge is 0.480 e. The standard InChI is InChI=1S/C10H15N3O2/c11-8(10(14)15)4-7-5-12-9(13-7)6-2-1-3-6/h5-6,8H,1-4,11H2,(H,12,13)(H,14,15)/t8-/m0/s1. The number of H-pyrrole nitrogens is 1. The molecule has 0 bridgehead atoms. The Labute approximate surface area is 87.7 Å². The van der Waals surface area contributed by atoms with Gasteiger partial charge in [0.1, 0.15) is 11.9 Å². The normalized spacial score (nSPS) is 18.5. The molecule has 2 rings (SSSR count). The quantitative estimate of drug-likeness (QED) is 0.678. The molecule has 0 radical (unpaired) electrons. The van der Waals surface area contributed by atoms with Crippen LogP contribution in [0.3, 0.4) is 0 Å². The summed E-state index contributed by atoms with van der Waals surface area (Å²) in [4.78, 5) is 17.9. The molecule has 1 aliphatic carbocycles. The minimum Gasteiger partial charge on any atom is -0.480 e. The van der Waals surface area contributed by atoms with Crippen molar-refractivity contribution in [2.75, 3.05) is 0 Å². The van der Waals surface area contributed by atoms with E-state index in [1.807, 2.05) is 0 Å². The third-order valence-corrected chi connectivity index (χ3v) is 2.90. The minimum absolute atomic E-state index is 0.315. The van der Waals surface area contributed by atoms with Gasteiger partial charge in [-0.2, -0.15) is 0 Å². The third-order valence-electron chi connectivity index (χ3n) is 2.90. The lowest BCUT2D eigenvalue weighted by Crippen LogP contribution is -2.32. The number of hydrogen-bond acceptors (Lipinski definition) is 3. The predicted molar refractivity (Wildman–Crippen MR) is 54.5 cm³/mol. The van der Waals surface area contributed by atoms with E-state index in [2.05, 4.69) is 9.97 Å². The summed E-state index contributed by atoms with van der Waals surface area (Å²) in [6, 6.07) is -0.848. The fraction of sp³-hybridized carbons (Fsp3) is 0.600. The lowest BCUT2D eigenvalue weighted by molar-refractivity contribution is -0.138. The van der Waals surface area contributed by atoms with Gasteiger partial charge in [-0.05, 0) is 12.8 Å². The van der Waals surface area contributed by atoms with Crippen molar-refractivity contribution in [3.63, 3.8) is 0 Å². The minimum atomic E-state index is -0.977. The number of nitrogens with zero attached hydrogens (tertiary/aromatic N) is 1. The van der Waals surface area contributed by atoms with E-state index in [9.17, 15) is 4.79 Å². The fourth-order valence-electron chi connectivity index (χ4n) is 1.69. The van der Waals surface area contributed by atoms with E-state index in [4.69, 9.17) is 10.8 Å². The second-order valence-electron chi connectivity index (χ2n) is 4.07. The molecule has 15 heavy (non-hydrogen) atoms. The maximum absolute atomic E-state index is 10.6. The van der Waals surface area contributed by atoms with Crippen LogP contribution in [0.1, 0.15) is 36.7 Å². The van der Waals surface area contributed by atoms with Gasteiger partial charge in [0.25, 0.3) is 0 Å². The van der Waals surface area contributed by atoms with Crippen LogP contribution in [0.25, 0.3) is 0 Å². The molecule has 4 N–H and O–H groups in total. The van der Waals surface area contributed by atoms with Crippen LogP contribution in [0.5, 0.6) is 0 Å². The predicted octanol–water partition coefficient (Wildman–Crippen LogP) is 0.632. The summed E-state index contributed by atoms with van der Waals surface area (Å²) >= 11 is 0. The number of carbonyl (C=O) groups is 1. The second kappa shape index (κ2) is 4.02. The number of nitrogens with one attached hydrogen (secondary N) is 1. The summed E-state index contributed by atoms with van der Waals surface area (Å²) in [5.41, 5.74) is 6.24. The first kappa shape index (κ1) is 10.2. The number of aromatic nitrogens is 2. The maximum Gasteiger partial charge on any atom is 0.320 e. The Morgan fingerprint density at radius 2 is 2.47 bits per heavy atom. The van der Waals surface area contributed by atoms with Crippen LogP contribution >= 0.6 is 0 Å². The summed E-state index contributed by atoms with van der Waals surface area (Å²) in [5.74, 6) is 0.545. The van der Waals surface area contributed by atoms with Crippen molar-refractivity contribution >= 4 is 5.97 Å². The molecule has 1 fully saturated rings. The van der Waals surface area contributed by atoms with Gasteiger partial charge in [0, 0.05) is 24.2 Å². The molecule has 1 heterocycles. The highest BCUT2D eigenvalue weighted by Gasteiger charge is 2.22. The van der Waals surface area contributed by atoms with Crippen molar-refractivity contribution in [3.05, 3.63) is 17.7 Å². The first-order valence-corrected chi connectivity index (χ1v) is 5.19. The number of aliphatic carboxylic acids is 1. The number of imidazole rings is 1. The summed E-state index contributed by atoms with van der Waals surface area (Å²) < 4.78 is 0. The van der Waals surface area contributed by atoms with E-state index < -0.39 is 12.0 Å². The van der Waals surface area contributed by atoms with Crippen molar-refractivity contribution in [2.45, 2.75) is 37.6 Å². The fourth-order valence-corrected chi connectivity index (χ4v) is 1.69. The Hall–Kier alpha value is -1.36. The summed E-state index contributed by atoms with van der Waals surface area (Å²) in [7, 11) is 0. The zero-order chi connectivity index (χ0) is 10.8. The maximum atomic E-state index is 10.6. The van der Waals surface area contributed by atoms with Gasteiger partial charge in [0.2, 0.25) is 0 Å². The first-order valence-electron chi connectivity index (χ1n) is 5.19. The Morgan fingerprint density at radius 1 is 1.73 bits per heavy atom. The van der Waals surface area contributed by atoms with E-state index in [1.165, 1.54) is 19.3 Å². The van der Waals surface area contributed by atoms with Crippen LogP contribution < -0.4 is 5.73 Å². The SMILES string of the molecule is N[C@@H](Cc1cnc(C2CCC2)[nH]1)C(=O)O. The number of carboxylic acids is 1. The van der Waals surface area contributed by atoms with Gasteiger partial charge in [-0.1, -0.05) is 6.42 Å². The van der Waals surface area contributed by atoms with E-state index in [0.717, 1.165) is 11.5 Å². The average Bonchev–Trinajstić information content (AvgIpc) is 2.49. The smallest absolute Gasteiger partial charge is 0.320 e. The van der Waals surface area contributed by atoms with E-state index >= 15 is 0 Å². The monoisotopic (exact) mass is 209 g/mol. The van der Waals surface area contributed by atoms with E-state index in [1.54, 1.807) is 6.20 Å². The van der Waals surface area contributed by atoms with Crippen LogP contribution in [0.15, 0.2) is 6.20 Å². The van der Waals surface area contributed by atoms with Gasteiger partial charge in [0.05, 0.1) is 0 Å². The molecule has 0 aromatic carbocycles. The molecule has 0 amide bonds. The van der Waals surface area contributed by atoms with Gasteiger partial charge in [-0.15, -0.1) is 0 Å².